The molecule has 1 amide bonds. The van der Waals surface area contributed by atoms with Gasteiger partial charge in [0.05, 0.1) is 6.54 Å². The second-order valence-electron chi connectivity index (χ2n) is 5.64. The Labute approximate surface area is 113 Å². The molecule has 0 aliphatic carbocycles. The third-order valence-corrected chi connectivity index (χ3v) is 3.25. The highest BCUT2D eigenvalue weighted by Gasteiger charge is 2.02. The van der Waals surface area contributed by atoms with Crippen molar-refractivity contribution in [2.75, 3.05) is 13.1 Å². The van der Waals surface area contributed by atoms with Crippen molar-refractivity contribution in [1.29, 1.82) is 0 Å². The van der Waals surface area contributed by atoms with E-state index in [1.165, 1.54) is 25.7 Å². The molecule has 18 heavy (non-hydrogen) atoms. The van der Waals surface area contributed by atoms with E-state index in [2.05, 4.69) is 38.3 Å². The number of carbonyl (C=O) groups is 1. The summed E-state index contributed by atoms with van der Waals surface area (Å²) in [6.07, 6.45) is 7.33. The number of rotatable bonds is 11. The second-order valence-corrected chi connectivity index (χ2v) is 5.64. The Balaban J connectivity index is 3.25. The summed E-state index contributed by atoms with van der Waals surface area (Å²) >= 11 is 0. The minimum Gasteiger partial charge on any atom is -0.355 e. The molecule has 108 valence electrons. The number of unbranched alkanes of at least 4 members (excludes halogenated alkanes) is 3. The first-order valence-corrected chi connectivity index (χ1v) is 7.56. The van der Waals surface area contributed by atoms with E-state index in [0.29, 0.717) is 12.6 Å². The molecule has 0 aromatic carbocycles. The van der Waals surface area contributed by atoms with E-state index in [1.54, 1.807) is 0 Å². The maximum absolute atomic E-state index is 11.5. The van der Waals surface area contributed by atoms with Gasteiger partial charge in [-0.05, 0) is 25.7 Å². The molecule has 0 bridgehead atoms. The molecule has 1 atom stereocenters. The van der Waals surface area contributed by atoms with Crippen LogP contribution in [0.1, 0.15) is 66.2 Å². The van der Waals surface area contributed by atoms with Gasteiger partial charge in [-0.15, -0.1) is 0 Å². The zero-order valence-corrected chi connectivity index (χ0v) is 12.7. The molecule has 3 nitrogen and oxygen atoms in total. The fourth-order valence-corrected chi connectivity index (χ4v) is 1.73. The van der Waals surface area contributed by atoms with E-state index in [9.17, 15) is 4.79 Å². The topological polar surface area (TPSA) is 41.1 Å². The molecule has 0 aliphatic rings. The minimum absolute atomic E-state index is 0.123. The summed E-state index contributed by atoms with van der Waals surface area (Å²) in [5.74, 6) is 0.939. The molecule has 0 heterocycles. The molecule has 0 aliphatic heterocycles. The van der Waals surface area contributed by atoms with Crippen LogP contribution in [0.2, 0.25) is 0 Å². The van der Waals surface area contributed by atoms with Crippen LogP contribution in [-0.4, -0.2) is 25.0 Å². The van der Waals surface area contributed by atoms with Crippen LogP contribution in [0.25, 0.3) is 0 Å². The number of carbonyl (C=O) groups excluding carboxylic acids is 1. The normalized spacial score (nSPS) is 12.7. The monoisotopic (exact) mass is 256 g/mol. The van der Waals surface area contributed by atoms with Crippen LogP contribution in [0.3, 0.4) is 0 Å². The summed E-state index contributed by atoms with van der Waals surface area (Å²) in [6.45, 7) is 10.0. The molecular weight excluding hydrogens is 224 g/mol. The summed E-state index contributed by atoms with van der Waals surface area (Å²) < 4.78 is 0. The zero-order chi connectivity index (χ0) is 13.8. The Kier molecular flexibility index (Phi) is 11.2. The predicted octanol–water partition coefficient (Wildman–Crippen LogP) is 3.10. The molecule has 0 spiro atoms. The summed E-state index contributed by atoms with van der Waals surface area (Å²) in [4.78, 5) is 11.5. The number of hydrogen-bond donors (Lipinski definition) is 2. The van der Waals surface area contributed by atoms with Gasteiger partial charge in [-0.3, -0.25) is 4.79 Å². The fraction of sp³-hybridized carbons (Fsp3) is 0.933. The third-order valence-electron chi connectivity index (χ3n) is 3.25. The van der Waals surface area contributed by atoms with Crippen LogP contribution in [0.4, 0.5) is 0 Å². The van der Waals surface area contributed by atoms with Crippen molar-refractivity contribution in [3.05, 3.63) is 0 Å². The molecule has 1 unspecified atom stereocenters. The highest BCUT2D eigenvalue weighted by atomic mass is 16.1. The van der Waals surface area contributed by atoms with Gasteiger partial charge in [0, 0.05) is 12.6 Å². The van der Waals surface area contributed by atoms with Crippen molar-refractivity contribution in [3.8, 4) is 0 Å². The van der Waals surface area contributed by atoms with Crippen molar-refractivity contribution in [2.24, 2.45) is 5.92 Å². The average Bonchev–Trinajstić information content (AvgIpc) is 2.34. The highest BCUT2D eigenvalue weighted by Crippen LogP contribution is 2.08. The molecule has 0 aromatic rings. The van der Waals surface area contributed by atoms with Crippen molar-refractivity contribution in [2.45, 2.75) is 72.3 Å². The Morgan fingerprint density at radius 3 is 2.33 bits per heavy atom. The van der Waals surface area contributed by atoms with Gasteiger partial charge in [0.15, 0.2) is 0 Å². The maximum Gasteiger partial charge on any atom is 0.233 e. The van der Waals surface area contributed by atoms with Gasteiger partial charge in [0.2, 0.25) is 5.91 Å². The molecule has 2 N–H and O–H groups in total. The molecule has 0 radical (unpaired) electrons. The van der Waals surface area contributed by atoms with E-state index in [-0.39, 0.29) is 5.91 Å². The quantitative estimate of drug-likeness (QED) is 0.558. The summed E-state index contributed by atoms with van der Waals surface area (Å²) in [5.41, 5.74) is 0. The Morgan fingerprint density at radius 1 is 1.06 bits per heavy atom. The van der Waals surface area contributed by atoms with Crippen molar-refractivity contribution in [3.63, 3.8) is 0 Å². The van der Waals surface area contributed by atoms with E-state index in [4.69, 9.17) is 0 Å². The molecule has 0 rings (SSSR count). The van der Waals surface area contributed by atoms with Crippen molar-refractivity contribution in [1.82, 2.24) is 10.6 Å². The maximum atomic E-state index is 11.5. The lowest BCUT2D eigenvalue weighted by Gasteiger charge is -2.11. The van der Waals surface area contributed by atoms with Gasteiger partial charge < -0.3 is 10.6 Å². The molecular formula is C15H32N2O. The highest BCUT2D eigenvalue weighted by molar-refractivity contribution is 5.77. The largest absolute Gasteiger partial charge is 0.355 e. The second kappa shape index (κ2) is 11.5. The molecule has 0 saturated carbocycles. The number of nitrogens with one attached hydrogen (secondary N) is 2. The average molecular weight is 256 g/mol. The predicted molar refractivity (Wildman–Crippen MR) is 78.7 cm³/mol. The first-order valence-electron chi connectivity index (χ1n) is 7.56. The lowest BCUT2D eigenvalue weighted by Crippen LogP contribution is -2.38. The van der Waals surface area contributed by atoms with Gasteiger partial charge >= 0.3 is 0 Å². The van der Waals surface area contributed by atoms with Gasteiger partial charge in [0.1, 0.15) is 0 Å². The van der Waals surface area contributed by atoms with Gasteiger partial charge in [0.25, 0.3) is 0 Å². The zero-order valence-electron chi connectivity index (χ0n) is 12.7. The minimum atomic E-state index is 0.123. The first kappa shape index (κ1) is 17.4. The lowest BCUT2D eigenvalue weighted by atomic mass is 10.0. The number of hydrogen-bond acceptors (Lipinski definition) is 2. The Bertz CT molecular complexity index is 205. The standard InChI is InChI=1S/C15H32N2O/c1-5-14(4)17-12-15(18)16-11-9-7-6-8-10-13(2)3/h13-14,17H,5-12H2,1-4H3,(H,16,18). The lowest BCUT2D eigenvalue weighted by molar-refractivity contribution is -0.120. The van der Waals surface area contributed by atoms with Gasteiger partial charge in [-0.25, -0.2) is 0 Å². The third kappa shape index (κ3) is 11.9. The summed E-state index contributed by atoms with van der Waals surface area (Å²) in [6, 6.07) is 0.423. The van der Waals surface area contributed by atoms with E-state index < -0.39 is 0 Å². The van der Waals surface area contributed by atoms with E-state index >= 15 is 0 Å². The van der Waals surface area contributed by atoms with Gasteiger partial charge in [-0.2, -0.15) is 0 Å². The number of amides is 1. The van der Waals surface area contributed by atoms with E-state index in [1.807, 2.05) is 0 Å². The van der Waals surface area contributed by atoms with E-state index in [0.717, 1.165) is 25.3 Å². The first-order chi connectivity index (χ1) is 8.56. The Morgan fingerprint density at radius 2 is 1.72 bits per heavy atom. The van der Waals surface area contributed by atoms with Crippen LogP contribution < -0.4 is 10.6 Å². The molecule has 0 aromatic heterocycles. The van der Waals surface area contributed by atoms with Crippen LogP contribution >= 0.6 is 0 Å². The smallest absolute Gasteiger partial charge is 0.233 e. The van der Waals surface area contributed by atoms with Crippen LogP contribution in [0.5, 0.6) is 0 Å². The van der Waals surface area contributed by atoms with Crippen LogP contribution in [0.15, 0.2) is 0 Å². The molecule has 0 fully saturated rings. The molecule has 3 heteroatoms. The van der Waals surface area contributed by atoms with Gasteiger partial charge in [-0.1, -0.05) is 46.5 Å². The summed E-state index contributed by atoms with van der Waals surface area (Å²) in [5, 5.41) is 6.15. The SMILES string of the molecule is CCC(C)NCC(=O)NCCCCCCC(C)C. The van der Waals surface area contributed by atoms with Crippen molar-refractivity contribution < 1.29 is 4.79 Å². The molecule has 0 saturated heterocycles. The van der Waals surface area contributed by atoms with Crippen LogP contribution in [0, 0.1) is 5.92 Å². The summed E-state index contributed by atoms with van der Waals surface area (Å²) in [7, 11) is 0. The fourth-order valence-electron chi connectivity index (χ4n) is 1.73. The van der Waals surface area contributed by atoms with Crippen molar-refractivity contribution >= 4 is 5.91 Å². The Hall–Kier alpha value is -0.570. The van der Waals surface area contributed by atoms with Crippen LogP contribution in [-0.2, 0) is 4.79 Å².